The molecule has 1 aliphatic rings. The van der Waals surface area contributed by atoms with Crippen molar-refractivity contribution in [2.75, 3.05) is 7.11 Å². The Bertz CT molecular complexity index is 1380. The molecule has 0 amide bonds. The Balaban J connectivity index is 2.10. The number of benzene rings is 2. The van der Waals surface area contributed by atoms with Crippen LogP contribution in [-0.4, -0.2) is 17.6 Å². The van der Waals surface area contributed by atoms with E-state index < -0.39 is 11.9 Å². The lowest BCUT2D eigenvalue weighted by molar-refractivity contribution is -0.136. The Morgan fingerprint density at radius 2 is 1.80 bits per heavy atom. The summed E-state index contributed by atoms with van der Waals surface area (Å²) in [6, 6.07) is 20.7. The second kappa shape index (κ2) is 7.85. The van der Waals surface area contributed by atoms with Gasteiger partial charge in [0.1, 0.15) is 10.5 Å². The van der Waals surface area contributed by atoms with Crippen molar-refractivity contribution in [2.24, 2.45) is 5.73 Å². The van der Waals surface area contributed by atoms with E-state index in [4.69, 9.17) is 10.5 Å². The van der Waals surface area contributed by atoms with E-state index in [1.54, 1.807) is 6.08 Å². The van der Waals surface area contributed by atoms with Crippen LogP contribution in [0.4, 0.5) is 0 Å². The van der Waals surface area contributed by atoms with Crippen LogP contribution >= 0.6 is 11.3 Å². The van der Waals surface area contributed by atoms with Gasteiger partial charge in [0.15, 0.2) is 0 Å². The number of carbonyl (C=O) groups excluding carboxylic acids is 1. The molecule has 2 N–H and O–H groups in total. The number of esters is 1. The van der Waals surface area contributed by atoms with Gasteiger partial charge in [-0.2, -0.15) is 5.26 Å². The van der Waals surface area contributed by atoms with Crippen molar-refractivity contribution in [2.45, 2.75) is 5.92 Å². The number of aromatic nitrogens is 1. The second-order valence-corrected chi connectivity index (χ2v) is 7.66. The first-order valence-electron chi connectivity index (χ1n) is 9.13. The smallest absolute Gasteiger partial charge is 0.338 e. The van der Waals surface area contributed by atoms with E-state index in [2.05, 4.69) is 6.07 Å². The number of hydrogen-bond donors (Lipinski definition) is 1. The molecule has 0 bridgehead atoms. The van der Waals surface area contributed by atoms with E-state index in [-0.39, 0.29) is 22.5 Å². The van der Waals surface area contributed by atoms with Gasteiger partial charge in [-0.3, -0.25) is 9.36 Å². The molecule has 0 saturated heterocycles. The lowest BCUT2D eigenvalue weighted by Gasteiger charge is -2.24. The SMILES string of the molecule is COC(=O)C1=C(N)n2c(s/c(=C/c3ccccc3)c2=O)=C(C#N)C1c1ccccc1. The molecule has 1 aromatic heterocycles. The molecule has 6 nitrogen and oxygen atoms in total. The van der Waals surface area contributed by atoms with E-state index in [9.17, 15) is 14.9 Å². The molecule has 0 radical (unpaired) electrons. The molecule has 0 aliphatic carbocycles. The van der Waals surface area contributed by atoms with Crippen LogP contribution in [0.1, 0.15) is 17.0 Å². The van der Waals surface area contributed by atoms with Crippen LogP contribution < -0.4 is 20.5 Å². The van der Waals surface area contributed by atoms with Crippen LogP contribution in [0.2, 0.25) is 0 Å². The first kappa shape index (κ1) is 19.4. The third kappa shape index (κ3) is 3.13. The fourth-order valence-electron chi connectivity index (χ4n) is 3.54. The van der Waals surface area contributed by atoms with Crippen molar-refractivity contribution in [1.82, 2.24) is 4.57 Å². The monoisotopic (exact) mass is 415 g/mol. The predicted octanol–water partition coefficient (Wildman–Crippen LogP) is 1.51. The number of thiazole rings is 1. The maximum absolute atomic E-state index is 13.1. The van der Waals surface area contributed by atoms with Crippen LogP contribution in [0, 0.1) is 11.3 Å². The van der Waals surface area contributed by atoms with Gasteiger partial charge in [0, 0.05) is 0 Å². The Morgan fingerprint density at radius 3 is 2.40 bits per heavy atom. The number of nitrogens with zero attached hydrogens (tertiary/aromatic N) is 2. The van der Waals surface area contributed by atoms with Gasteiger partial charge >= 0.3 is 5.97 Å². The molecule has 3 aromatic rings. The molecule has 1 unspecified atom stereocenters. The first-order valence-corrected chi connectivity index (χ1v) is 9.94. The molecule has 7 heteroatoms. The van der Waals surface area contributed by atoms with Gasteiger partial charge in [-0.25, -0.2) is 4.79 Å². The molecule has 2 aromatic carbocycles. The van der Waals surface area contributed by atoms with Crippen LogP contribution in [0.3, 0.4) is 0 Å². The maximum Gasteiger partial charge on any atom is 0.338 e. The zero-order valence-corrected chi connectivity index (χ0v) is 16.8. The van der Waals surface area contributed by atoms with Gasteiger partial charge in [-0.1, -0.05) is 60.7 Å². The van der Waals surface area contributed by atoms with Gasteiger partial charge in [-0.05, 0) is 17.2 Å². The fourth-order valence-corrected chi connectivity index (χ4v) is 4.67. The molecule has 0 fully saturated rings. The summed E-state index contributed by atoms with van der Waals surface area (Å²) < 4.78 is 7.02. The summed E-state index contributed by atoms with van der Waals surface area (Å²) in [5.41, 5.74) is 7.89. The average Bonchev–Trinajstić information content (AvgIpc) is 3.10. The molecule has 4 rings (SSSR count). The van der Waals surface area contributed by atoms with Crippen LogP contribution in [0.15, 0.2) is 71.0 Å². The van der Waals surface area contributed by atoms with E-state index >= 15 is 0 Å². The molecule has 2 heterocycles. The van der Waals surface area contributed by atoms with Crippen molar-refractivity contribution in [3.63, 3.8) is 0 Å². The van der Waals surface area contributed by atoms with Gasteiger partial charge < -0.3 is 10.5 Å². The van der Waals surface area contributed by atoms with E-state index in [1.807, 2.05) is 60.7 Å². The third-order valence-corrected chi connectivity index (χ3v) is 6.01. The van der Waals surface area contributed by atoms with Crippen molar-refractivity contribution < 1.29 is 9.53 Å². The summed E-state index contributed by atoms with van der Waals surface area (Å²) in [6.07, 6.45) is 1.75. The highest BCUT2D eigenvalue weighted by Crippen LogP contribution is 2.36. The molecular formula is C23H17N3O3S. The van der Waals surface area contributed by atoms with E-state index in [0.29, 0.717) is 9.20 Å². The molecule has 1 atom stereocenters. The number of rotatable bonds is 3. The highest BCUT2D eigenvalue weighted by molar-refractivity contribution is 7.07. The summed E-state index contributed by atoms with van der Waals surface area (Å²) in [5.74, 6) is -1.41. The lowest BCUT2D eigenvalue weighted by Crippen LogP contribution is -2.40. The molecule has 148 valence electrons. The zero-order valence-electron chi connectivity index (χ0n) is 16.0. The third-order valence-electron chi connectivity index (χ3n) is 4.90. The maximum atomic E-state index is 13.1. The predicted molar refractivity (Wildman–Crippen MR) is 115 cm³/mol. The largest absolute Gasteiger partial charge is 0.466 e. The van der Waals surface area contributed by atoms with Crippen molar-refractivity contribution in [1.29, 1.82) is 5.26 Å². The Morgan fingerprint density at radius 1 is 1.17 bits per heavy atom. The standard InChI is InChI=1S/C23H17N3O3S/c1-29-23(28)19-18(15-10-6-3-7-11-15)16(13-24)22-26(20(19)25)21(27)17(30-22)12-14-8-4-2-5-9-14/h2-12,18H,25H2,1H3/b17-12+. The second-order valence-electron chi connectivity index (χ2n) is 6.63. The highest BCUT2D eigenvalue weighted by Gasteiger charge is 2.36. The fraction of sp³-hybridized carbons (Fsp3) is 0.0870. The number of methoxy groups -OCH3 is 1. The van der Waals surface area contributed by atoms with Gasteiger partial charge in [0.2, 0.25) is 0 Å². The zero-order chi connectivity index (χ0) is 21.3. The molecule has 0 spiro atoms. The summed E-state index contributed by atoms with van der Waals surface area (Å²) in [6.45, 7) is 0. The lowest BCUT2D eigenvalue weighted by atomic mass is 9.84. The van der Waals surface area contributed by atoms with E-state index in [0.717, 1.165) is 11.1 Å². The summed E-state index contributed by atoms with van der Waals surface area (Å²) in [7, 11) is 1.25. The number of fused-ring (bicyclic) bond motifs is 1. The van der Waals surface area contributed by atoms with Gasteiger partial charge in [-0.15, -0.1) is 11.3 Å². The first-order chi connectivity index (χ1) is 14.6. The van der Waals surface area contributed by atoms with Crippen molar-refractivity contribution >= 4 is 34.8 Å². The molecule has 0 saturated carbocycles. The number of ether oxygens (including phenoxy) is 1. The minimum absolute atomic E-state index is 0.0151. The quantitative estimate of drug-likeness (QED) is 0.654. The summed E-state index contributed by atoms with van der Waals surface area (Å²) >= 11 is 1.18. The van der Waals surface area contributed by atoms with Crippen LogP contribution in [0.5, 0.6) is 0 Å². The molecule has 30 heavy (non-hydrogen) atoms. The highest BCUT2D eigenvalue weighted by atomic mass is 32.1. The summed E-state index contributed by atoms with van der Waals surface area (Å²) in [4.78, 5) is 25.8. The van der Waals surface area contributed by atoms with Crippen LogP contribution in [-0.2, 0) is 9.53 Å². The number of nitrogens with two attached hydrogens (primary N) is 1. The molecule has 1 aliphatic heterocycles. The Kier molecular flexibility index (Phi) is 5.09. The van der Waals surface area contributed by atoms with Crippen molar-refractivity contribution in [3.8, 4) is 6.07 Å². The van der Waals surface area contributed by atoms with Crippen LogP contribution in [0.25, 0.3) is 17.5 Å². The minimum atomic E-state index is -0.716. The van der Waals surface area contributed by atoms with E-state index in [1.165, 1.54) is 23.0 Å². The number of nitriles is 1. The Labute approximate surface area is 176 Å². The normalized spacial score (nSPS) is 16.2. The topological polar surface area (TPSA) is 98.1 Å². The minimum Gasteiger partial charge on any atom is -0.466 e. The summed E-state index contributed by atoms with van der Waals surface area (Å²) in [5, 5.41) is 10.00. The Hall–Kier alpha value is -3.89. The number of hydrogen-bond acceptors (Lipinski definition) is 6. The average molecular weight is 415 g/mol. The number of carbonyl (C=O) groups is 1. The van der Waals surface area contributed by atoms with Gasteiger partial charge in [0.05, 0.1) is 34.8 Å². The van der Waals surface area contributed by atoms with Crippen molar-refractivity contribution in [3.05, 3.63) is 96.9 Å². The molecular weight excluding hydrogens is 398 g/mol. The van der Waals surface area contributed by atoms with Gasteiger partial charge in [0.25, 0.3) is 5.56 Å².